The Morgan fingerprint density at radius 2 is 1.88 bits per heavy atom. The van der Waals surface area contributed by atoms with Crippen molar-refractivity contribution in [2.45, 2.75) is 20.8 Å². The average molecular weight is 222 g/mol. The van der Waals surface area contributed by atoms with Gasteiger partial charge in [-0.3, -0.25) is 9.59 Å². The number of hydrogen-bond acceptors (Lipinski definition) is 4. The highest BCUT2D eigenvalue weighted by Gasteiger charge is 2.17. The molecule has 16 heavy (non-hydrogen) atoms. The molecule has 0 aromatic heterocycles. The van der Waals surface area contributed by atoms with E-state index < -0.39 is 5.43 Å². The van der Waals surface area contributed by atoms with E-state index >= 15 is 0 Å². The quantitative estimate of drug-likeness (QED) is 0.771. The zero-order valence-electron chi connectivity index (χ0n) is 9.75. The van der Waals surface area contributed by atoms with Crippen molar-refractivity contribution >= 4 is 5.78 Å². The fraction of sp³-hybridized carbons (Fsp3) is 0.333. The maximum atomic E-state index is 11.8. The predicted molar refractivity (Wildman–Crippen MR) is 60.4 cm³/mol. The molecule has 0 spiro atoms. The van der Waals surface area contributed by atoms with E-state index in [2.05, 4.69) is 0 Å². The lowest BCUT2D eigenvalue weighted by atomic mass is 10.1. The zero-order valence-corrected chi connectivity index (χ0v) is 9.75. The zero-order chi connectivity index (χ0) is 12.5. The van der Waals surface area contributed by atoms with Gasteiger partial charge in [0, 0.05) is 0 Å². The molecule has 1 rings (SSSR count). The first kappa shape index (κ1) is 12.2. The van der Waals surface area contributed by atoms with Gasteiger partial charge in [0.25, 0.3) is 5.43 Å². The predicted octanol–water partition coefficient (Wildman–Crippen LogP) is 1.58. The van der Waals surface area contributed by atoms with Crippen LogP contribution in [0.4, 0.5) is 0 Å². The van der Waals surface area contributed by atoms with Gasteiger partial charge in [0.1, 0.15) is 0 Å². The number of aryl methyl sites for hydroxylation is 2. The molecule has 0 atom stereocenters. The minimum Gasteiger partial charge on any atom is -0.504 e. The average Bonchev–Trinajstić information content (AvgIpc) is 2.28. The molecule has 0 bridgehead atoms. The van der Waals surface area contributed by atoms with E-state index in [1.165, 1.54) is 14.0 Å². The lowest BCUT2D eigenvalue weighted by Crippen LogP contribution is -2.08. The number of rotatable bonds is 2. The van der Waals surface area contributed by atoms with Crippen molar-refractivity contribution in [3.05, 3.63) is 33.0 Å². The Labute approximate surface area is 93.5 Å². The van der Waals surface area contributed by atoms with Gasteiger partial charge in [0.05, 0.1) is 12.7 Å². The van der Waals surface area contributed by atoms with Gasteiger partial charge in [-0.1, -0.05) is 6.07 Å². The van der Waals surface area contributed by atoms with E-state index in [1.807, 2.05) is 0 Å². The topological polar surface area (TPSA) is 63.6 Å². The summed E-state index contributed by atoms with van der Waals surface area (Å²) in [6, 6.07) is 1.59. The van der Waals surface area contributed by atoms with E-state index in [-0.39, 0.29) is 22.8 Å². The Morgan fingerprint density at radius 1 is 1.31 bits per heavy atom. The van der Waals surface area contributed by atoms with Crippen molar-refractivity contribution in [3.63, 3.8) is 0 Å². The maximum Gasteiger partial charge on any atom is 0.262 e. The fourth-order valence-corrected chi connectivity index (χ4v) is 1.68. The summed E-state index contributed by atoms with van der Waals surface area (Å²) >= 11 is 0. The van der Waals surface area contributed by atoms with Crippen molar-refractivity contribution in [1.29, 1.82) is 0 Å². The molecular weight excluding hydrogens is 208 g/mol. The molecule has 0 saturated heterocycles. The number of carbonyl (C=O) groups excluding carboxylic acids is 1. The summed E-state index contributed by atoms with van der Waals surface area (Å²) in [5, 5.41) is 9.61. The standard InChI is InChI=1S/C12H14O4/c1-6-5-7(2)10(14)11(15)12(16-4)9(6)8(3)13/h5H,1-4H3,(H,14,15). The number of Topliss-reactive ketones (excluding diaryl/α,β-unsaturated/α-hetero) is 1. The Kier molecular flexibility index (Phi) is 3.32. The number of ketones is 1. The van der Waals surface area contributed by atoms with Gasteiger partial charge in [0.15, 0.2) is 17.3 Å². The highest BCUT2D eigenvalue weighted by molar-refractivity contribution is 5.98. The van der Waals surface area contributed by atoms with Crippen LogP contribution in [0.1, 0.15) is 28.4 Å². The molecule has 0 amide bonds. The van der Waals surface area contributed by atoms with Gasteiger partial charge < -0.3 is 9.84 Å². The highest BCUT2D eigenvalue weighted by Crippen LogP contribution is 2.22. The fourth-order valence-electron chi connectivity index (χ4n) is 1.68. The second kappa shape index (κ2) is 4.35. The first-order valence-electron chi connectivity index (χ1n) is 4.82. The molecular formula is C12H14O4. The van der Waals surface area contributed by atoms with Gasteiger partial charge in [-0.05, 0) is 31.9 Å². The molecule has 0 aliphatic heterocycles. The molecule has 4 nitrogen and oxygen atoms in total. The maximum absolute atomic E-state index is 11.8. The summed E-state index contributed by atoms with van der Waals surface area (Å²) in [6.45, 7) is 4.66. The van der Waals surface area contributed by atoms with Crippen LogP contribution in [-0.2, 0) is 0 Å². The van der Waals surface area contributed by atoms with Crippen molar-refractivity contribution in [3.8, 4) is 11.5 Å². The summed E-state index contributed by atoms with van der Waals surface area (Å²) in [5.41, 5.74) is 0.599. The number of carbonyl (C=O) groups is 1. The second-order valence-corrected chi connectivity index (χ2v) is 3.65. The smallest absolute Gasteiger partial charge is 0.262 e. The number of hydrogen-bond donors (Lipinski definition) is 1. The highest BCUT2D eigenvalue weighted by atomic mass is 16.5. The lowest BCUT2D eigenvalue weighted by Gasteiger charge is -2.02. The van der Waals surface area contributed by atoms with E-state index in [1.54, 1.807) is 19.9 Å². The van der Waals surface area contributed by atoms with Gasteiger partial charge >= 0.3 is 0 Å². The van der Waals surface area contributed by atoms with Crippen LogP contribution in [0.15, 0.2) is 10.9 Å². The Balaban J connectivity index is 3.90. The van der Waals surface area contributed by atoms with Gasteiger partial charge in [-0.15, -0.1) is 0 Å². The van der Waals surface area contributed by atoms with Crippen LogP contribution in [0.25, 0.3) is 0 Å². The van der Waals surface area contributed by atoms with Crippen LogP contribution in [0.2, 0.25) is 0 Å². The third kappa shape index (κ3) is 1.91. The Morgan fingerprint density at radius 3 is 2.31 bits per heavy atom. The summed E-state index contributed by atoms with van der Waals surface area (Å²) in [6.07, 6.45) is 0. The van der Waals surface area contributed by atoms with E-state index in [0.717, 1.165) is 0 Å². The van der Waals surface area contributed by atoms with Crippen LogP contribution < -0.4 is 10.2 Å². The molecule has 0 heterocycles. The van der Waals surface area contributed by atoms with Crippen molar-refractivity contribution in [1.82, 2.24) is 0 Å². The molecule has 0 aliphatic rings. The number of ether oxygens (including phenoxy) is 1. The van der Waals surface area contributed by atoms with Crippen LogP contribution in [0.5, 0.6) is 11.5 Å². The van der Waals surface area contributed by atoms with Gasteiger partial charge in [-0.2, -0.15) is 0 Å². The minimum atomic E-state index is -0.654. The van der Waals surface area contributed by atoms with E-state index in [9.17, 15) is 14.7 Å². The first-order chi connectivity index (χ1) is 7.40. The SMILES string of the molecule is COc1c(C(C)=O)c(C)cc(C)c(O)c1=O. The molecule has 1 N–H and O–H groups in total. The summed E-state index contributed by atoms with van der Waals surface area (Å²) in [4.78, 5) is 23.2. The van der Waals surface area contributed by atoms with Crippen LogP contribution >= 0.6 is 0 Å². The third-order valence-corrected chi connectivity index (χ3v) is 2.41. The van der Waals surface area contributed by atoms with Crippen LogP contribution in [0.3, 0.4) is 0 Å². The van der Waals surface area contributed by atoms with E-state index in [4.69, 9.17) is 4.74 Å². The third-order valence-electron chi connectivity index (χ3n) is 2.41. The molecule has 4 heteroatoms. The minimum absolute atomic E-state index is 0.101. The monoisotopic (exact) mass is 222 g/mol. The number of methoxy groups -OCH3 is 1. The molecule has 0 radical (unpaired) electrons. The van der Waals surface area contributed by atoms with Crippen molar-refractivity contribution < 1.29 is 14.6 Å². The molecule has 0 fully saturated rings. The molecule has 1 aromatic rings. The van der Waals surface area contributed by atoms with Gasteiger partial charge in [0.2, 0.25) is 0 Å². The molecule has 86 valence electrons. The van der Waals surface area contributed by atoms with Crippen LogP contribution in [0, 0.1) is 13.8 Å². The summed E-state index contributed by atoms with van der Waals surface area (Å²) in [5.74, 6) is -0.746. The summed E-state index contributed by atoms with van der Waals surface area (Å²) in [7, 11) is 1.30. The van der Waals surface area contributed by atoms with Crippen molar-refractivity contribution in [2.75, 3.05) is 7.11 Å². The molecule has 0 unspecified atom stereocenters. The normalized spacial score (nSPS) is 10.0. The first-order valence-corrected chi connectivity index (χ1v) is 4.82. The second-order valence-electron chi connectivity index (χ2n) is 3.65. The Hall–Kier alpha value is -1.84. The van der Waals surface area contributed by atoms with E-state index in [0.29, 0.717) is 11.1 Å². The summed E-state index contributed by atoms with van der Waals surface area (Å²) < 4.78 is 4.92. The molecule has 1 aromatic carbocycles. The van der Waals surface area contributed by atoms with Crippen LogP contribution in [-0.4, -0.2) is 18.0 Å². The largest absolute Gasteiger partial charge is 0.504 e. The molecule has 0 aliphatic carbocycles. The number of aromatic hydroxyl groups is 1. The Bertz CT molecular complexity index is 503. The van der Waals surface area contributed by atoms with Crippen molar-refractivity contribution in [2.24, 2.45) is 0 Å². The molecule has 0 saturated carbocycles. The lowest BCUT2D eigenvalue weighted by molar-refractivity contribution is 0.101. The van der Waals surface area contributed by atoms with Gasteiger partial charge in [-0.25, -0.2) is 0 Å².